The van der Waals surface area contributed by atoms with Gasteiger partial charge >= 0.3 is 6.09 Å². The summed E-state index contributed by atoms with van der Waals surface area (Å²) in [6.45, 7) is 6.08. The molecule has 0 radical (unpaired) electrons. The molecule has 2 amide bonds. The predicted octanol–water partition coefficient (Wildman–Crippen LogP) is 6.48. The van der Waals surface area contributed by atoms with Crippen molar-refractivity contribution in [3.8, 4) is 17.0 Å². The molecule has 1 saturated heterocycles. The second-order valence-corrected chi connectivity index (χ2v) is 15.6. The highest BCUT2D eigenvalue weighted by atomic mass is 16.6. The number of hydrogen-bond acceptors (Lipinski definition) is 8. The van der Waals surface area contributed by atoms with Gasteiger partial charge in [0.15, 0.2) is 0 Å². The lowest BCUT2D eigenvalue weighted by atomic mass is 9.51. The molecule has 2 aromatic heterocycles. The molecule has 0 spiro atoms. The van der Waals surface area contributed by atoms with Crippen LogP contribution in [0.5, 0.6) is 5.75 Å². The van der Waals surface area contributed by atoms with E-state index in [1.165, 1.54) is 17.5 Å². The fourth-order valence-corrected chi connectivity index (χ4v) is 8.88. The summed E-state index contributed by atoms with van der Waals surface area (Å²) < 4.78 is 12.8. The first-order chi connectivity index (χ1) is 24.2. The number of likely N-dealkylation sites (tertiary alicyclic amines) is 1. The number of ether oxygens (including phenoxy) is 2. The van der Waals surface area contributed by atoms with Crippen LogP contribution < -0.4 is 9.64 Å². The van der Waals surface area contributed by atoms with Gasteiger partial charge in [0, 0.05) is 55.9 Å². The van der Waals surface area contributed by atoms with Gasteiger partial charge in [-0.2, -0.15) is 5.10 Å². The predicted molar refractivity (Wildman–Crippen MR) is 190 cm³/mol. The van der Waals surface area contributed by atoms with Crippen molar-refractivity contribution in [3.63, 3.8) is 0 Å². The molecule has 268 valence electrons. The summed E-state index contributed by atoms with van der Waals surface area (Å²) >= 11 is 0. The smallest absolute Gasteiger partial charge is 0.409 e. The summed E-state index contributed by atoms with van der Waals surface area (Å²) in [5.74, 6) is 1.98. The summed E-state index contributed by atoms with van der Waals surface area (Å²) in [6, 6.07) is 8.48. The number of nitrogens with zero attached hydrogens (tertiary/aromatic N) is 6. The molecule has 4 saturated carbocycles. The van der Waals surface area contributed by atoms with Crippen LogP contribution in [0.25, 0.3) is 11.3 Å². The second-order valence-electron chi connectivity index (χ2n) is 15.6. The highest BCUT2D eigenvalue weighted by Gasteiger charge is 2.50. The lowest BCUT2D eigenvalue weighted by molar-refractivity contribution is -0.124. The van der Waals surface area contributed by atoms with E-state index < -0.39 is 0 Å². The molecule has 1 N–H and O–H groups in total. The minimum atomic E-state index is -0.367. The maximum absolute atomic E-state index is 14.4. The zero-order valence-electron chi connectivity index (χ0n) is 29.9. The van der Waals surface area contributed by atoms with Gasteiger partial charge in [0.05, 0.1) is 25.0 Å². The van der Waals surface area contributed by atoms with Gasteiger partial charge in [0.1, 0.15) is 24.5 Å². The molecular weight excluding hydrogens is 632 g/mol. The zero-order valence-corrected chi connectivity index (χ0v) is 29.9. The second kappa shape index (κ2) is 14.3. The molecule has 1 aromatic carbocycles. The first kappa shape index (κ1) is 34.5. The minimum absolute atomic E-state index is 0.0317. The average molecular weight is 685 g/mol. The Labute approximate surface area is 295 Å². The molecular formula is C39H52N6O5. The van der Waals surface area contributed by atoms with E-state index in [9.17, 15) is 14.7 Å². The lowest BCUT2D eigenvalue weighted by Gasteiger charge is -2.55. The number of amides is 2. The van der Waals surface area contributed by atoms with Crippen molar-refractivity contribution in [3.05, 3.63) is 54.1 Å². The zero-order chi connectivity index (χ0) is 34.9. The van der Waals surface area contributed by atoms with Gasteiger partial charge in [-0.05, 0) is 93.2 Å². The molecule has 2 bridgehead atoms. The fourth-order valence-electron chi connectivity index (χ4n) is 8.88. The number of carbonyl (C=O) groups is 2. The van der Waals surface area contributed by atoms with Crippen LogP contribution in [0.2, 0.25) is 0 Å². The Kier molecular flexibility index (Phi) is 9.87. The fraction of sp³-hybridized carbons (Fsp3) is 0.615. The lowest BCUT2D eigenvalue weighted by Crippen LogP contribution is -2.51. The first-order valence-electron chi connectivity index (χ1n) is 18.6. The molecule has 1 unspecified atom stereocenters. The highest BCUT2D eigenvalue weighted by molar-refractivity contribution is 5.94. The minimum Gasteiger partial charge on any atom is -0.496 e. The van der Waals surface area contributed by atoms with Crippen LogP contribution in [-0.4, -0.2) is 81.7 Å². The summed E-state index contributed by atoms with van der Waals surface area (Å²) in [7, 11) is 1.73. The van der Waals surface area contributed by atoms with E-state index in [1.807, 2.05) is 24.1 Å². The van der Waals surface area contributed by atoms with E-state index in [-0.39, 0.29) is 53.9 Å². The van der Waals surface area contributed by atoms with Crippen molar-refractivity contribution in [2.45, 2.75) is 95.9 Å². The van der Waals surface area contributed by atoms with Crippen LogP contribution in [0, 0.1) is 24.2 Å². The Morgan fingerprint density at radius 3 is 2.46 bits per heavy atom. The van der Waals surface area contributed by atoms with E-state index >= 15 is 0 Å². The van der Waals surface area contributed by atoms with E-state index in [0.717, 1.165) is 75.5 Å². The summed E-state index contributed by atoms with van der Waals surface area (Å²) in [6.07, 6.45) is 16.8. The van der Waals surface area contributed by atoms with Crippen LogP contribution in [-0.2, 0) is 14.9 Å². The van der Waals surface area contributed by atoms with Crippen molar-refractivity contribution in [2.75, 3.05) is 44.9 Å². The van der Waals surface area contributed by atoms with E-state index in [2.05, 4.69) is 35.2 Å². The summed E-state index contributed by atoms with van der Waals surface area (Å²) in [5.41, 5.74) is 4.42. The monoisotopic (exact) mass is 684 g/mol. The van der Waals surface area contributed by atoms with E-state index in [1.54, 1.807) is 29.2 Å². The molecule has 5 aliphatic rings. The number of anilines is 1. The number of fused-ring (bicyclic) bond motifs is 3. The molecule has 11 nitrogen and oxygen atoms in total. The van der Waals surface area contributed by atoms with Crippen molar-refractivity contribution in [1.29, 1.82) is 0 Å². The Morgan fingerprint density at radius 2 is 1.78 bits per heavy atom. The van der Waals surface area contributed by atoms with Crippen LogP contribution in [0.4, 0.5) is 10.6 Å². The quantitative estimate of drug-likeness (QED) is 0.244. The number of aliphatic hydroxyl groups is 1. The van der Waals surface area contributed by atoms with Gasteiger partial charge in [0.2, 0.25) is 5.91 Å². The third-order valence-corrected chi connectivity index (χ3v) is 12.3. The standard InChI is InChI=1S/C39H52N6O5/c1-27-17-32(9-10-34(27)49-3)39-14-11-38(12-15-39,13-16-39)25-44(36(47)30-7-5-4-6-8-30)35-18-33(40-26-41-35)31-19-42-45(22-31)28(2)24-50-37(48)43-20-29(21-43)23-46/h9-10,17-19,22,26,28-30,46H,4-8,11-16,20-21,23-25H2,1-3H3. The van der Waals surface area contributed by atoms with Crippen molar-refractivity contribution in [1.82, 2.24) is 24.6 Å². The molecule has 8 rings (SSSR count). The van der Waals surface area contributed by atoms with Crippen LogP contribution >= 0.6 is 0 Å². The number of hydrogen-bond donors (Lipinski definition) is 1. The maximum atomic E-state index is 14.4. The van der Waals surface area contributed by atoms with Crippen LogP contribution in [0.3, 0.4) is 0 Å². The molecule has 4 aliphatic carbocycles. The third kappa shape index (κ3) is 6.85. The summed E-state index contributed by atoms with van der Waals surface area (Å²) in [5, 5.41) is 13.8. The van der Waals surface area contributed by atoms with E-state index in [4.69, 9.17) is 14.5 Å². The maximum Gasteiger partial charge on any atom is 0.409 e. The topological polar surface area (TPSA) is 123 Å². The van der Waals surface area contributed by atoms with E-state index in [0.29, 0.717) is 31.1 Å². The highest BCUT2D eigenvalue weighted by Crippen LogP contribution is 2.58. The van der Waals surface area contributed by atoms with Gasteiger partial charge < -0.3 is 19.5 Å². The average Bonchev–Trinajstić information content (AvgIpc) is 3.64. The molecule has 3 heterocycles. The number of carbonyl (C=O) groups excluding carboxylic acids is 2. The van der Waals surface area contributed by atoms with Gasteiger partial charge in [-0.25, -0.2) is 14.8 Å². The van der Waals surface area contributed by atoms with Crippen LogP contribution in [0.15, 0.2) is 43.0 Å². The normalized spacial score (nSPS) is 24.4. The van der Waals surface area contributed by atoms with Gasteiger partial charge in [0.25, 0.3) is 0 Å². The van der Waals surface area contributed by atoms with Crippen LogP contribution in [0.1, 0.15) is 94.7 Å². The molecule has 50 heavy (non-hydrogen) atoms. The molecule has 3 aromatic rings. The number of aliphatic hydroxyl groups excluding tert-OH is 1. The number of methoxy groups -OCH3 is 1. The largest absolute Gasteiger partial charge is 0.496 e. The number of benzene rings is 1. The summed E-state index contributed by atoms with van der Waals surface area (Å²) in [4.78, 5) is 39.7. The Balaban J connectivity index is 1.07. The Morgan fingerprint density at radius 1 is 1.04 bits per heavy atom. The molecule has 11 heteroatoms. The Hall–Kier alpha value is -3.99. The molecule has 1 aliphatic heterocycles. The Bertz CT molecular complexity index is 1650. The van der Waals surface area contributed by atoms with Crippen molar-refractivity contribution in [2.24, 2.45) is 17.3 Å². The number of rotatable bonds is 11. The van der Waals surface area contributed by atoms with Crippen molar-refractivity contribution < 1.29 is 24.2 Å². The number of aryl methyl sites for hydroxylation is 1. The van der Waals surface area contributed by atoms with Gasteiger partial charge in [-0.1, -0.05) is 31.4 Å². The number of aromatic nitrogens is 4. The van der Waals surface area contributed by atoms with Crippen molar-refractivity contribution >= 4 is 17.8 Å². The first-order valence-corrected chi connectivity index (χ1v) is 18.6. The molecule has 1 atom stereocenters. The van der Waals surface area contributed by atoms with Gasteiger partial charge in [-0.15, -0.1) is 0 Å². The third-order valence-electron chi connectivity index (χ3n) is 12.3. The van der Waals surface area contributed by atoms with Gasteiger partial charge in [-0.3, -0.25) is 14.4 Å². The SMILES string of the molecule is COc1ccc(C23CCC(CN(C(=O)C4CCCCC4)c4cc(-c5cnn(C(C)COC(=O)N6CC(CO)C6)c5)ncn4)(CC2)CC3)cc1C. The molecule has 5 fully saturated rings.